The van der Waals surface area contributed by atoms with E-state index in [1.165, 1.54) is 7.11 Å². The summed E-state index contributed by atoms with van der Waals surface area (Å²) in [6, 6.07) is 5.58. The fourth-order valence-electron chi connectivity index (χ4n) is 1.76. The van der Waals surface area contributed by atoms with Crippen LogP contribution in [0.3, 0.4) is 0 Å². The number of hydrogen-bond donors (Lipinski definition) is 0. The van der Waals surface area contributed by atoms with Gasteiger partial charge in [0.05, 0.1) is 25.3 Å². The monoisotopic (exact) mass is 219 g/mol. The van der Waals surface area contributed by atoms with Crippen LogP contribution in [0.15, 0.2) is 24.4 Å². The molecule has 84 valence electrons. The Morgan fingerprint density at radius 1 is 1.31 bits per heavy atom. The van der Waals surface area contributed by atoms with E-state index in [1.807, 2.05) is 29.8 Å². The van der Waals surface area contributed by atoms with E-state index in [0.717, 1.165) is 16.7 Å². The molecule has 0 fully saturated rings. The molecule has 0 spiro atoms. The van der Waals surface area contributed by atoms with Crippen molar-refractivity contribution in [3.63, 3.8) is 0 Å². The highest BCUT2D eigenvalue weighted by Gasteiger charge is 2.14. The van der Waals surface area contributed by atoms with Gasteiger partial charge in [-0.2, -0.15) is 0 Å². The van der Waals surface area contributed by atoms with Gasteiger partial charge >= 0.3 is 5.97 Å². The van der Waals surface area contributed by atoms with Crippen LogP contribution in [-0.4, -0.2) is 24.8 Å². The number of ether oxygens (including phenoxy) is 2. The van der Waals surface area contributed by atoms with E-state index >= 15 is 0 Å². The minimum absolute atomic E-state index is 0.323. The molecule has 2 aromatic rings. The molecule has 0 unspecified atom stereocenters. The summed E-state index contributed by atoms with van der Waals surface area (Å²) in [6.45, 7) is 0. The Kier molecular flexibility index (Phi) is 2.56. The number of esters is 1. The Bertz CT molecular complexity index is 542. The van der Waals surface area contributed by atoms with Gasteiger partial charge in [-0.3, -0.25) is 0 Å². The van der Waals surface area contributed by atoms with E-state index < -0.39 is 0 Å². The second-order valence-electron chi connectivity index (χ2n) is 3.53. The van der Waals surface area contributed by atoms with E-state index in [9.17, 15) is 4.79 Å². The highest BCUT2D eigenvalue weighted by atomic mass is 16.5. The zero-order valence-electron chi connectivity index (χ0n) is 9.48. The van der Waals surface area contributed by atoms with Crippen molar-refractivity contribution in [1.82, 2.24) is 4.57 Å². The smallest absolute Gasteiger partial charge is 0.340 e. The van der Waals surface area contributed by atoms with Gasteiger partial charge in [-0.1, -0.05) is 0 Å². The largest absolute Gasteiger partial charge is 0.497 e. The van der Waals surface area contributed by atoms with Crippen LogP contribution in [0.25, 0.3) is 10.9 Å². The fraction of sp³-hybridized carbons (Fsp3) is 0.250. The first kappa shape index (κ1) is 10.5. The average molecular weight is 219 g/mol. The first-order chi connectivity index (χ1) is 7.67. The molecule has 0 bridgehead atoms. The molecule has 16 heavy (non-hydrogen) atoms. The number of carbonyl (C=O) groups is 1. The van der Waals surface area contributed by atoms with Crippen molar-refractivity contribution in [2.24, 2.45) is 7.05 Å². The van der Waals surface area contributed by atoms with Gasteiger partial charge in [0.15, 0.2) is 0 Å². The molecule has 1 aromatic heterocycles. The van der Waals surface area contributed by atoms with E-state index in [-0.39, 0.29) is 5.97 Å². The molecular weight excluding hydrogens is 206 g/mol. The number of carbonyl (C=O) groups excluding carboxylic acids is 1. The third-order valence-electron chi connectivity index (χ3n) is 2.60. The topological polar surface area (TPSA) is 40.5 Å². The highest BCUT2D eigenvalue weighted by molar-refractivity contribution is 6.04. The fourth-order valence-corrected chi connectivity index (χ4v) is 1.76. The zero-order valence-corrected chi connectivity index (χ0v) is 9.48. The Labute approximate surface area is 93.4 Å². The quantitative estimate of drug-likeness (QED) is 0.725. The molecular formula is C12H13NO3. The molecule has 0 atom stereocenters. The summed E-state index contributed by atoms with van der Waals surface area (Å²) in [6.07, 6.45) is 1.76. The van der Waals surface area contributed by atoms with Gasteiger partial charge in [0.1, 0.15) is 5.75 Å². The highest BCUT2D eigenvalue weighted by Crippen LogP contribution is 2.25. The van der Waals surface area contributed by atoms with Crippen molar-refractivity contribution < 1.29 is 14.3 Å². The van der Waals surface area contributed by atoms with Gasteiger partial charge in [0, 0.05) is 24.7 Å². The van der Waals surface area contributed by atoms with E-state index in [0.29, 0.717) is 5.56 Å². The number of aromatic nitrogens is 1. The molecule has 0 aliphatic rings. The van der Waals surface area contributed by atoms with Gasteiger partial charge in [0.25, 0.3) is 0 Å². The van der Waals surface area contributed by atoms with Crippen LogP contribution in [0.1, 0.15) is 10.4 Å². The number of benzene rings is 1. The van der Waals surface area contributed by atoms with E-state index in [1.54, 1.807) is 13.3 Å². The molecule has 4 nitrogen and oxygen atoms in total. The van der Waals surface area contributed by atoms with Crippen molar-refractivity contribution >= 4 is 16.9 Å². The lowest BCUT2D eigenvalue weighted by Crippen LogP contribution is -1.99. The number of fused-ring (bicyclic) bond motifs is 1. The Balaban J connectivity index is 2.67. The van der Waals surface area contributed by atoms with Crippen LogP contribution >= 0.6 is 0 Å². The Morgan fingerprint density at radius 3 is 2.69 bits per heavy atom. The normalized spacial score (nSPS) is 10.4. The van der Waals surface area contributed by atoms with Crippen molar-refractivity contribution in [3.05, 3.63) is 30.0 Å². The maximum Gasteiger partial charge on any atom is 0.340 e. The third-order valence-corrected chi connectivity index (χ3v) is 2.60. The summed E-state index contributed by atoms with van der Waals surface area (Å²) in [5, 5.41) is 0.871. The SMILES string of the molecule is COC(=O)c1cn(C)c2cc(OC)ccc12. The van der Waals surface area contributed by atoms with Gasteiger partial charge in [-0.25, -0.2) is 4.79 Å². The summed E-state index contributed by atoms with van der Waals surface area (Å²) in [5.74, 6) is 0.445. The summed E-state index contributed by atoms with van der Waals surface area (Å²) in [4.78, 5) is 11.5. The van der Waals surface area contributed by atoms with Crippen molar-refractivity contribution in [2.45, 2.75) is 0 Å². The lowest BCUT2D eigenvalue weighted by Gasteiger charge is -2.01. The molecule has 0 N–H and O–H groups in total. The summed E-state index contributed by atoms with van der Waals surface area (Å²) in [5.41, 5.74) is 1.52. The standard InChI is InChI=1S/C12H13NO3/c1-13-7-10(12(14)16-3)9-5-4-8(15-2)6-11(9)13/h4-7H,1-3H3. The molecule has 1 heterocycles. The molecule has 0 aliphatic heterocycles. The second-order valence-corrected chi connectivity index (χ2v) is 3.53. The van der Waals surface area contributed by atoms with Crippen LogP contribution in [0, 0.1) is 0 Å². The van der Waals surface area contributed by atoms with Crippen LogP contribution in [-0.2, 0) is 11.8 Å². The minimum Gasteiger partial charge on any atom is -0.497 e. The maximum atomic E-state index is 11.5. The van der Waals surface area contributed by atoms with Gasteiger partial charge in [-0.15, -0.1) is 0 Å². The summed E-state index contributed by atoms with van der Waals surface area (Å²) < 4.78 is 11.8. The van der Waals surface area contributed by atoms with Gasteiger partial charge < -0.3 is 14.0 Å². The predicted molar refractivity (Wildman–Crippen MR) is 60.8 cm³/mol. The number of hydrogen-bond acceptors (Lipinski definition) is 3. The third kappa shape index (κ3) is 1.52. The van der Waals surface area contributed by atoms with E-state index in [2.05, 4.69) is 0 Å². The average Bonchev–Trinajstić information content (AvgIpc) is 2.65. The van der Waals surface area contributed by atoms with Crippen LogP contribution < -0.4 is 4.74 Å². The number of rotatable bonds is 2. The first-order valence-electron chi connectivity index (χ1n) is 4.88. The first-order valence-corrected chi connectivity index (χ1v) is 4.88. The van der Waals surface area contributed by atoms with Crippen molar-refractivity contribution in [3.8, 4) is 5.75 Å². The number of methoxy groups -OCH3 is 2. The Hall–Kier alpha value is -1.97. The van der Waals surface area contributed by atoms with E-state index in [4.69, 9.17) is 9.47 Å². The van der Waals surface area contributed by atoms with Gasteiger partial charge in [-0.05, 0) is 12.1 Å². The lowest BCUT2D eigenvalue weighted by molar-refractivity contribution is 0.0603. The molecule has 4 heteroatoms. The molecule has 0 radical (unpaired) electrons. The molecule has 0 amide bonds. The molecule has 0 saturated carbocycles. The molecule has 0 saturated heterocycles. The summed E-state index contributed by atoms with van der Waals surface area (Å²) >= 11 is 0. The van der Waals surface area contributed by atoms with Crippen molar-refractivity contribution in [1.29, 1.82) is 0 Å². The number of nitrogens with zero attached hydrogens (tertiary/aromatic N) is 1. The van der Waals surface area contributed by atoms with Crippen LogP contribution in [0.4, 0.5) is 0 Å². The zero-order chi connectivity index (χ0) is 11.7. The maximum absolute atomic E-state index is 11.5. The van der Waals surface area contributed by atoms with Crippen LogP contribution in [0.5, 0.6) is 5.75 Å². The second kappa shape index (κ2) is 3.89. The lowest BCUT2D eigenvalue weighted by atomic mass is 10.2. The molecule has 2 rings (SSSR count). The van der Waals surface area contributed by atoms with Gasteiger partial charge in [0.2, 0.25) is 0 Å². The molecule has 1 aromatic carbocycles. The molecule has 0 aliphatic carbocycles. The van der Waals surface area contributed by atoms with Crippen LogP contribution in [0.2, 0.25) is 0 Å². The van der Waals surface area contributed by atoms with Crippen molar-refractivity contribution in [2.75, 3.05) is 14.2 Å². The summed E-state index contributed by atoms with van der Waals surface area (Å²) in [7, 11) is 4.88. The minimum atomic E-state index is -0.323. The number of aryl methyl sites for hydroxylation is 1. The Morgan fingerprint density at radius 2 is 2.06 bits per heavy atom. The predicted octanol–water partition coefficient (Wildman–Crippen LogP) is 1.97.